The van der Waals surface area contributed by atoms with Gasteiger partial charge < -0.3 is 10.1 Å². The molecule has 0 saturated heterocycles. The second kappa shape index (κ2) is 8.73. The molecule has 0 spiro atoms. The van der Waals surface area contributed by atoms with E-state index in [-0.39, 0.29) is 12.5 Å². The van der Waals surface area contributed by atoms with E-state index in [0.29, 0.717) is 32.8 Å². The molecule has 146 valence electrons. The van der Waals surface area contributed by atoms with Crippen LogP contribution in [0.5, 0.6) is 5.75 Å². The summed E-state index contributed by atoms with van der Waals surface area (Å²) in [5.74, 6) is 0.362. The lowest BCUT2D eigenvalue weighted by atomic mass is 10.2. The number of amides is 1. The number of ether oxygens (including phenoxy) is 1. The number of nitrogens with one attached hydrogen (secondary N) is 1. The fourth-order valence-corrected chi connectivity index (χ4v) is 3.66. The average molecular weight is 491 g/mol. The van der Waals surface area contributed by atoms with Gasteiger partial charge in [-0.15, -0.1) is 11.3 Å². The first-order valence-corrected chi connectivity index (χ1v) is 10.4. The molecule has 0 aliphatic carbocycles. The zero-order valence-electron chi connectivity index (χ0n) is 14.8. The van der Waals surface area contributed by atoms with E-state index in [1.807, 2.05) is 12.1 Å². The molecule has 1 N–H and O–H groups in total. The maximum absolute atomic E-state index is 12.7. The lowest BCUT2D eigenvalue weighted by molar-refractivity contribution is 0.102. The largest absolute Gasteiger partial charge is 0.486 e. The third kappa shape index (κ3) is 4.81. The van der Waals surface area contributed by atoms with Crippen molar-refractivity contribution in [1.82, 2.24) is 19.7 Å². The van der Waals surface area contributed by atoms with Crippen molar-refractivity contribution in [2.45, 2.75) is 6.61 Å². The Kier molecular flexibility index (Phi) is 5.89. The number of thiazole rings is 1. The minimum Gasteiger partial charge on any atom is -0.486 e. The molecular formula is C19H13BrClN5O2S. The summed E-state index contributed by atoms with van der Waals surface area (Å²) < 4.78 is 8.08. The highest BCUT2D eigenvalue weighted by molar-refractivity contribution is 9.10. The van der Waals surface area contributed by atoms with Crippen molar-refractivity contribution in [2.75, 3.05) is 5.32 Å². The van der Waals surface area contributed by atoms with Gasteiger partial charge >= 0.3 is 0 Å². The van der Waals surface area contributed by atoms with Crippen LogP contribution in [0.25, 0.3) is 5.69 Å². The number of carbonyl (C=O) groups excluding carboxylic acids is 1. The summed E-state index contributed by atoms with van der Waals surface area (Å²) in [7, 11) is 0. The quantitative estimate of drug-likeness (QED) is 0.413. The molecule has 0 aliphatic rings. The van der Waals surface area contributed by atoms with Gasteiger partial charge in [0.15, 0.2) is 0 Å². The van der Waals surface area contributed by atoms with E-state index in [2.05, 4.69) is 36.3 Å². The number of benzene rings is 2. The van der Waals surface area contributed by atoms with Crippen LogP contribution in [0.15, 0.2) is 65.0 Å². The fraction of sp³-hybridized carbons (Fsp3) is 0.0526. The van der Waals surface area contributed by atoms with Crippen molar-refractivity contribution in [3.63, 3.8) is 0 Å². The van der Waals surface area contributed by atoms with Gasteiger partial charge in [0.05, 0.1) is 11.4 Å². The Labute approximate surface area is 183 Å². The van der Waals surface area contributed by atoms with Crippen molar-refractivity contribution >= 4 is 50.5 Å². The van der Waals surface area contributed by atoms with Gasteiger partial charge in [-0.2, -0.15) is 5.10 Å². The molecule has 4 aromatic rings. The van der Waals surface area contributed by atoms with Crippen LogP contribution in [0.4, 0.5) is 5.69 Å². The van der Waals surface area contributed by atoms with Gasteiger partial charge in [0.1, 0.15) is 35.7 Å². The van der Waals surface area contributed by atoms with Crippen LogP contribution < -0.4 is 10.1 Å². The number of hydrogen-bond acceptors (Lipinski definition) is 6. The Morgan fingerprint density at radius 1 is 1.24 bits per heavy atom. The third-order valence-corrected chi connectivity index (χ3v) is 5.40. The molecule has 2 heterocycles. The topological polar surface area (TPSA) is 81.9 Å². The molecule has 0 saturated carbocycles. The minimum absolute atomic E-state index is 0.265. The predicted molar refractivity (Wildman–Crippen MR) is 115 cm³/mol. The van der Waals surface area contributed by atoms with E-state index in [9.17, 15) is 4.79 Å². The van der Waals surface area contributed by atoms with Gasteiger partial charge in [-0.05, 0) is 42.5 Å². The summed E-state index contributed by atoms with van der Waals surface area (Å²) in [5, 5.41) is 10.0. The number of carbonyl (C=O) groups is 1. The molecule has 0 fully saturated rings. The van der Waals surface area contributed by atoms with Gasteiger partial charge in [-0.1, -0.05) is 27.5 Å². The molecule has 0 atom stereocenters. The number of anilines is 1. The summed E-state index contributed by atoms with van der Waals surface area (Å²) in [6.07, 6.45) is 3.00. The van der Waals surface area contributed by atoms with Crippen molar-refractivity contribution in [3.05, 3.63) is 80.7 Å². The SMILES string of the molecule is O=C(Nc1cc(Br)ccc1-n1cncn1)c1csc(COc2ccc(Cl)cc2)n1. The summed E-state index contributed by atoms with van der Waals surface area (Å²) in [5.41, 5.74) is 1.59. The second-order valence-corrected chi connectivity index (χ2v) is 8.12. The minimum atomic E-state index is -0.321. The van der Waals surface area contributed by atoms with Gasteiger partial charge in [0, 0.05) is 14.9 Å². The van der Waals surface area contributed by atoms with Gasteiger partial charge in [-0.3, -0.25) is 4.79 Å². The molecule has 10 heteroatoms. The van der Waals surface area contributed by atoms with E-state index in [0.717, 1.165) is 4.47 Å². The highest BCUT2D eigenvalue weighted by Gasteiger charge is 2.15. The maximum atomic E-state index is 12.7. The highest BCUT2D eigenvalue weighted by atomic mass is 79.9. The standard InChI is InChI=1S/C19H13BrClN5O2S/c20-12-1-6-17(26-11-22-10-23-26)15(7-12)25-19(27)16-9-29-18(24-16)8-28-14-4-2-13(21)3-5-14/h1-7,9-11H,8H2,(H,25,27). The van der Waals surface area contributed by atoms with Crippen LogP contribution in [0, 0.1) is 0 Å². The first-order valence-electron chi connectivity index (χ1n) is 8.37. The normalized spacial score (nSPS) is 10.7. The van der Waals surface area contributed by atoms with E-state index in [1.54, 1.807) is 46.7 Å². The first kappa shape index (κ1) is 19.6. The van der Waals surface area contributed by atoms with Gasteiger partial charge in [0.25, 0.3) is 5.91 Å². The van der Waals surface area contributed by atoms with E-state index in [4.69, 9.17) is 16.3 Å². The Balaban J connectivity index is 1.46. The average Bonchev–Trinajstić information content (AvgIpc) is 3.40. The summed E-state index contributed by atoms with van der Waals surface area (Å²) in [6, 6.07) is 12.6. The number of halogens is 2. The molecule has 29 heavy (non-hydrogen) atoms. The number of rotatable bonds is 6. The van der Waals surface area contributed by atoms with Crippen LogP contribution in [0.2, 0.25) is 5.02 Å². The van der Waals surface area contributed by atoms with Crippen molar-refractivity contribution in [2.24, 2.45) is 0 Å². The van der Waals surface area contributed by atoms with Crippen LogP contribution in [0.1, 0.15) is 15.5 Å². The van der Waals surface area contributed by atoms with Gasteiger partial charge in [-0.25, -0.2) is 14.6 Å². The third-order valence-electron chi connectivity index (χ3n) is 3.83. The van der Waals surface area contributed by atoms with Crippen molar-refractivity contribution in [1.29, 1.82) is 0 Å². The number of nitrogens with zero attached hydrogens (tertiary/aromatic N) is 4. The monoisotopic (exact) mass is 489 g/mol. The smallest absolute Gasteiger partial charge is 0.275 e. The molecule has 0 bridgehead atoms. The first-order chi connectivity index (χ1) is 14.1. The molecule has 2 aromatic carbocycles. The van der Waals surface area contributed by atoms with Crippen molar-refractivity contribution < 1.29 is 9.53 Å². The molecule has 1 amide bonds. The maximum Gasteiger partial charge on any atom is 0.275 e. The molecule has 2 aromatic heterocycles. The van der Waals surface area contributed by atoms with E-state index in [1.165, 1.54) is 17.7 Å². The summed E-state index contributed by atoms with van der Waals surface area (Å²) >= 11 is 10.6. The van der Waals surface area contributed by atoms with Crippen LogP contribution in [0.3, 0.4) is 0 Å². The molecular weight excluding hydrogens is 478 g/mol. The predicted octanol–water partition coefficient (Wildman–Crippen LogP) is 4.97. The summed E-state index contributed by atoms with van der Waals surface area (Å²) in [6.45, 7) is 0.265. The van der Waals surface area contributed by atoms with Crippen molar-refractivity contribution in [3.8, 4) is 11.4 Å². The van der Waals surface area contributed by atoms with E-state index < -0.39 is 0 Å². The Hall–Kier alpha value is -2.75. The Morgan fingerprint density at radius 2 is 2.07 bits per heavy atom. The highest BCUT2D eigenvalue weighted by Crippen LogP contribution is 2.25. The van der Waals surface area contributed by atoms with Gasteiger partial charge in [0.2, 0.25) is 0 Å². The fourth-order valence-electron chi connectivity index (χ4n) is 2.48. The molecule has 0 radical (unpaired) electrons. The zero-order chi connectivity index (χ0) is 20.2. The number of hydrogen-bond donors (Lipinski definition) is 1. The molecule has 0 aliphatic heterocycles. The van der Waals surface area contributed by atoms with Crippen LogP contribution >= 0.6 is 38.9 Å². The molecule has 4 rings (SSSR count). The summed E-state index contributed by atoms with van der Waals surface area (Å²) in [4.78, 5) is 21.0. The lowest BCUT2D eigenvalue weighted by Crippen LogP contribution is -2.14. The lowest BCUT2D eigenvalue weighted by Gasteiger charge is -2.10. The van der Waals surface area contributed by atoms with E-state index >= 15 is 0 Å². The number of aromatic nitrogens is 4. The zero-order valence-corrected chi connectivity index (χ0v) is 17.9. The molecule has 7 nitrogen and oxygen atoms in total. The Bertz CT molecular complexity index is 1130. The molecule has 0 unspecified atom stereocenters. The Morgan fingerprint density at radius 3 is 2.83 bits per heavy atom. The van der Waals surface area contributed by atoms with Crippen LogP contribution in [-0.2, 0) is 6.61 Å². The second-order valence-electron chi connectivity index (χ2n) is 5.82. The van der Waals surface area contributed by atoms with Crippen LogP contribution in [-0.4, -0.2) is 25.7 Å².